The minimum absolute atomic E-state index is 0.0663. The van der Waals surface area contributed by atoms with Gasteiger partial charge in [0.1, 0.15) is 23.0 Å². The highest BCUT2D eigenvalue weighted by molar-refractivity contribution is 6.08. The Morgan fingerprint density at radius 2 is 1.54 bits per heavy atom. The van der Waals surface area contributed by atoms with Gasteiger partial charge >= 0.3 is 6.03 Å². The summed E-state index contributed by atoms with van der Waals surface area (Å²) in [5.41, 5.74) is 4.47. The second kappa shape index (κ2) is 14.5. The quantitative estimate of drug-likeness (QED) is 0.159. The number of hydrogen-bond donors (Lipinski definition) is 2. The number of nitrogens with zero attached hydrogens (tertiary/aromatic N) is 2. The second-order valence-corrected chi connectivity index (χ2v) is 12.8. The first-order chi connectivity index (χ1) is 22.9. The highest BCUT2D eigenvalue weighted by atomic mass is 16.5. The first-order valence-corrected chi connectivity index (χ1v) is 15.7. The number of ether oxygens (including phenoxy) is 3. The zero-order valence-corrected chi connectivity index (χ0v) is 28.5. The monoisotopic (exact) mass is 646 g/mol. The number of carbonyl (C=O) groups is 2. The van der Waals surface area contributed by atoms with Crippen molar-refractivity contribution < 1.29 is 23.8 Å². The van der Waals surface area contributed by atoms with E-state index in [0.717, 1.165) is 33.3 Å². The van der Waals surface area contributed by atoms with Gasteiger partial charge in [-0.15, -0.1) is 0 Å². The number of benzene rings is 4. The summed E-state index contributed by atoms with van der Waals surface area (Å²) in [4.78, 5) is 32.2. The Morgan fingerprint density at radius 1 is 0.792 bits per heavy atom. The molecule has 3 amide bonds. The predicted molar refractivity (Wildman–Crippen MR) is 191 cm³/mol. The summed E-state index contributed by atoms with van der Waals surface area (Å²) >= 11 is 0. The molecular formula is C39H42N4O5. The van der Waals surface area contributed by atoms with E-state index in [1.165, 1.54) is 12.0 Å². The van der Waals surface area contributed by atoms with Crippen LogP contribution in [0.1, 0.15) is 43.2 Å². The highest BCUT2D eigenvalue weighted by Gasteiger charge is 2.23. The van der Waals surface area contributed by atoms with Crippen LogP contribution in [0.2, 0.25) is 0 Å². The first-order valence-electron chi connectivity index (χ1n) is 15.7. The van der Waals surface area contributed by atoms with Crippen molar-refractivity contribution in [3.8, 4) is 23.0 Å². The lowest BCUT2D eigenvalue weighted by Gasteiger charge is -2.24. The number of aromatic nitrogens is 1. The van der Waals surface area contributed by atoms with Crippen molar-refractivity contribution in [3.63, 3.8) is 0 Å². The van der Waals surface area contributed by atoms with Gasteiger partial charge in [0.2, 0.25) is 5.91 Å². The SMILES string of the molecule is COc1cccc(Cc2cc(Oc3ccc(NC(=O)Nc4cc(C(C)(C)C)cc(CC(=O)N(C)C)c4OC)c4ccccc34)ccn2)c1. The van der Waals surface area contributed by atoms with Crippen molar-refractivity contribution in [2.24, 2.45) is 0 Å². The largest absolute Gasteiger partial charge is 0.497 e. The van der Waals surface area contributed by atoms with Gasteiger partial charge in [0.05, 0.1) is 32.0 Å². The Morgan fingerprint density at radius 3 is 2.25 bits per heavy atom. The van der Waals surface area contributed by atoms with Crippen LogP contribution in [0.25, 0.3) is 10.8 Å². The molecule has 9 heteroatoms. The molecular weight excluding hydrogens is 604 g/mol. The molecule has 0 aliphatic heterocycles. The molecule has 0 bridgehead atoms. The average molecular weight is 647 g/mol. The van der Waals surface area contributed by atoms with Crippen LogP contribution in [0.5, 0.6) is 23.0 Å². The summed E-state index contributed by atoms with van der Waals surface area (Å²) in [7, 11) is 6.62. The molecule has 2 N–H and O–H groups in total. The fourth-order valence-corrected chi connectivity index (χ4v) is 5.39. The van der Waals surface area contributed by atoms with Crippen LogP contribution in [-0.2, 0) is 23.1 Å². The van der Waals surface area contributed by atoms with E-state index in [1.54, 1.807) is 27.4 Å². The van der Waals surface area contributed by atoms with Gasteiger partial charge in [-0.05, 0) is 52.9 Å². The Bertz CT molecular complexity index is 1950. The van der Waals surface area contributed by atoms with Crippen molar-refractivity contribution in [2.45, 2.75) is 39.0 Å². The lowest BCUT2D eigenvalue weighted by Crippen LogP contribution is -2.25. The third kappa shape index (κ3) is 8.04. The number of likely N-dealkylation sites (N-methyl/N-ethyl adjacent to an activating group) is 1. The lowest BCUT2D eigenvalue weighted by atomic mass is 9.85. The van der Waals surface area contributed by atoms with E-state index < -0.39 is 6.03 Å². The van der Waals surface area contributed by atoms with Crippen LogP contribution in [0.15, 0.2) is 91.1 Å². The van der Waals surface area contributed by atoms with Crippen molar-refractivity contribution >= 4 is 34.1 Å². The molecule has 0 atom stereocenters. The highest BCUT2D eigenvalue weighted by Crippen LogP contribution is 2.37. The van der Waals surface area contributed by atoms with Crippen molar-refractivity contribution in [3.05, 3.63) is 114 Å². The molecule has 0 aliphatic carbocycles. The fraction of sp³-hybridized carbons (Fsp3) is 0.256. The second-order valence-electron chi connectivity index (χ2n) is 12.8. The summed E-state index contributed by atoms with van der Waals surface area (Å²) in [5.74, 6) is 2.48. The van der Waals surface area contributed by atoms with Gasteiger partial charge in [0.25, 0.3) is 0 Å². The third-order valence-corrected chi connectivity index (χ3v) is 7.99. The number of amides is 3. The summed E-state index contributed by atoms with van der Waals surface area (Å²) in [6.07, 6.45) is 2.50. The molecule has 48 heavy (non-hydrogen) atoms. The topological polar surface area (TPSA) is 102 Å². The molecule has 1 aromatic heterocycles. The molecule has 0 fully saturated rings. The Balaban J connectivity index is 1.39. The predicted octanol–water partition coefficient (Wildman–Crippen LogP) is 8.21. The van der Waals surface area contributed by atoms with E-state index in [-0.39, 0.29) is 17.7 Å². The lowest BCUT2D eigenvalue weighted by molar-refractivity contribution is -0.127. The van der Waals surface area contributed by atoms with Gasteiger partial charge in [-0.25, -0.2) is 4.79 Å². The molecule has 248 valence electrons. The van der Waals surface area contributed by atoms with Crippen LogP contribution in [-0.4, -0.2) is 50.1 Å². The van der Waals surface area contributed by atoms with Crippen LogP contribution < -0.4 is 24.8 Å². The third-order valence-electron chi connectivity index (χ3n) is 7.99. The van der Waals surface area contributed by atoms with Crippen molar-refractivity contribution in [1.29, 1.82) is 0 Å². The molecule has 0 saturated carbocycles. The number of fused-ring (bicyclic) bond motifs is 1. The minimum Gasteiger partial charge on any atom is -0.497 e. The standard InChI is InChI=1S/C39H42N4O5/c1-39(2,3)27-21-26(22-36(44)43(4)5)37(47-7)34(23-27)42-38(45)41-33-15-16-35(32-14-9-8-13-31(32)33)48-30-17-18-40-28(24-30)19-25-11-10-12-29(20-25)46-6/h8-18,20-21,23-24H,19,22H2,1-7H3,(H2,41,42,45). The summed E-state index contributed by atoms with van der Waals surface area (Å²) < 4.78 is 17.5. The smallest absolute Gasteiger partial charge is 0.323 e. The molecule has 5 rings (SSSR count). The number of carbonyl (C=O) groups excluding carboxylic acids is 2. The first kappa shape index (κ1) is 33.8. The van der Waals surface area contributed by atoms with Gasteiger partial charge in [-0.3, -0.25) is 9.78 Å². The van der Waals surface area contributed by atoms with E-state index in [9.17, 15) is 9.59 Å². The molecule has 0 spiro atoms. The molecule has 0 aliphatic rings. The number of anilines is 2. The van der Waals surface area contributed by atoms with Crippen molar-refractivity contribution in [2.75, 3.05) is 38.9 Å². The van der Waals surface area contributed by atoms with Gasteiger partial charge in [-0.2, -0.15) is 0 Å². The van der Waals surface area contributed by atoms with Crippen LogP contribution >= 0.6 is 0 Å². The average Bonchev–Trinajstić information content (AvgIpc) is 3.05. The summed E-state index contributed by atoms with van der Waals surface area (Å²) in [5, 5.41) is 7.61. The number of urea groups is 1. The maximum atomic E-state index is 13.5. The maximum absolute atomic E-state index is 13.5. The summed E-state index contributed by atoms with van der Waals surface area (Å²) in [6, 6.07) is 26.5. The zero-order chi connectivity index (χ0) is 34.4. The molecule has 4 aromatic carbocycles. The van der Waals surface area contributed by atoms with E-state index in [4.69, 9.17) is 14.2 Å². The van der Waals surface area contributed by atoms with E-state index >= 15 is 0 Å². The van der Waals surface area contributed by atoms with E-state index in [0.29, 0.717) is 40.6 Å². The van der Waals surface area contributed by atoms with Gasteiger partial charge < -0.3 is 29.7 Å². The molecule has 0 radical (unpaired) electrons. The van der Waals surface area contributed by atoms with E-state index in [2.05, 4.69) is 36.4 Å². The molecule has 1 heterocycles. The molecule has 0 saturated heterocycles. The number of methoxy groups -OCH3 is 2. The van der Waals surface area contributed by atoms with Crippen LogP contribution in [0.3, 0.4) is 0 Å². The van der Waals surface area contributed by atoms with E-state index in [1.807, 2.05) is 84.9 Å². The van der Waals surface area contributed by atoms with Crippen molar-refractivity contribution in [1.82, 2.24) is 9.88 Å². The minimum atomic E-state index is -0.445. The fourth-order valence-electron chi connectivity index (χ4n) is 5.39. The summed E-state index contributed by atoms with van der Waals surface area (Å²) in [6.45, 7) is 6.25. The normalized spacial score (nSPS) is 11.1. The number of rotatable bonds is 10. The van der Waals surface area contributed by atoms with Gasteiger partial charge in [-0.1, -0.05) is 63.2 Å². The number of hydrogen-bond acceptors (Lipinski definition) is 6. The molecule has 9 nitrogen and oxygen atoms in total. The number of nitrogens with one attached hydrogen (secondary N) is 2. The van der Waals surface area contributed by atoms with Gasteiger partial charge in [0, 0.05) is 54.8 Å². The molecule has 0 unspecified atom stereocenters. The Labute approximate surface area is 281 Å². The van der Waals surface area contributed by atoms with Gasteiger partial charge in [0.15, 0.2) is 0 Å². The van der Waals surface area contributed by atoms with Crippen LogP contribution in [0.4, 0.5) is 16.2 Å². The molecule has 5 aromatic rings. The zero-order valence-electron chi connectivity index (χ0n) is 28.5. The van der Waals surface area contributed by atoms with Crippen LogP contribution in [0, 0.1) is 0 Å². The number of pyridine rings is 1. The Hall–Kier alpha value is -5.57. The Kier molecular flexibility index (Phi) is 10.2. The maximum Gasteiger partial charge on any atom is 0.323 e.